The van der Waals surface area contributed by atoms with Crippen LogP contribution in [0.15, 0.2) is 29.2 Å². The fourth-order valence-corrected chi connectivity index (χ4v) is 5.22. The summed E-state index contributed by atoms with van der Waals surface area (Å²) in [7, 11) is -3.55. The van der Waals surface area contributed by atoms with Gasteiger partial charge in [0.25, 0.3) is 5.91 Å². The number of amides is 2. The van der Waals surface area contributed by atoms with Crippen LogP contribution in [-0.4, -0.2) is 68.3 Å². The molecule has 1 aromatic carbocycles. The lowest BCUT2D eigenvalue weighted by atomic mass is 9.95. The molecular formula is C19H24F3N3O4S. The van der Waals surface area contributed by atoms with Gasteiger partial charge in [0.15, 0.2) is 0 Å². The Kier molecular flexibility index (Phi) is 6.71. The summed E-state index contributed by atoms with van der Waals surface area (Å²) in [5, 5.41) is 1.88. The predicted molar refractivity (Wildman–Crippen MR) is 102 cm³/mol. The van der Waals surface area contributed by atoms with E-state index in [1.54, 1.807) is 0 Å². The summed E-state index contributed by atoms with van der Waals surface area (Å²) < 4.78 is 63.2. The van der Waals surface area contributed by atoms with Gasteiger partial charge in [0, 0.05) is 37.7 Å². The zero-order valence-corrected chi connectivity index (χ0v) is 17.1. The van der Waals surface area contributed by atoms with E-state index in [1.165, 1.54) is 33.5 Å². The average molecular weight is 447 g/mol. The normalized spacial score (nSPS) is 19.1. The Morgan fingerprint density at radius 1 is 1.00 bits per heavy atom. The van der Waals surface area contributed by atoms with E-state index in [1.807, 2.05) is 5.32 Å². The fraction of sp³-hybridized carbons (Fsp3) is 0.579. The van der Waals surface area contributed by atoms with E-state index in [9.17, 15) is 31.2 Å². The number of carbonyl (C=O) groups is 2. The van der Waals surface area contributed by atoms with Gasteiger partial charge in [-0.3, -0.25) is 9.59 Å². The van der Waals surface area contributed by atoms with Crippen molar-refractivity contribution < 1.29 is 31.2 Å². The van der Waals surface area contributed by atoms with Crippen molar-refractivity contribution in [3.05, 3.63) is 29.8 Å². The molecule has 2 amide bonds. The SMILES string of the molecule is O=C(NCC(F)(F)F)C1CCN(C(=O)c2ccc(S(=O)(=O)N3CCCC3)cc2)CC1. The third-order valence-corrected chi connectivity index (χ3v) is 7.33. The van der Waals surface area contributed by atoms with Gasteiger partial charge in [0.2, 0.25) is 15.9 Å². The van der Waals surface area contributed by atoms with Gasteiger partial charge in [0.05, 0.1) is 4.90 Å². The molecule has 2 aliphatic heterocycles. The second-order valence-corrected chi connectivity index (χ2v) is 9.47. The van der Waals surface area contributed by atoms with Crippen LogP contribution in [0.5, 0.6) is 0 Å². The van der Waals surface area contributed by atoms with Gasteiger partial charge in [0.1, 0.15) is 6.54 Å². The zero-order chi connectivity index (χ0) is 21.9. The van der Waals surface area contributed by atoms with E-state index in [2.05, 4.69) is 0 Å². The minimum absolute atomic E-state index is 0.140. The highest BCUT2D eigenvalue weighted by molar-refractivity contribution is 7.89. The topological polar surface area (TPSA) is 86.8 Å². The molecule has 0 bridgehead atoms. The lowest BCUT2D eigenvalue weighted by Gasteiger charge is -2.31. The number of alkyl halides is 3. The second kappa shape index (κ2) is 8.93. The van der Waals surface area contributed by atoms with Gasteiger partial charge < -0.3 is 10.2 Å². The number of hydrogen-bond donors (Lipinski definition) is 1. The summed E-state index contributed by atoms with van der Waals surface area (Å²) in [5.74, 6) is -1.52. The van der Waals surface area contributed by atoms with Crippen molar-refractivity contribution in [1.82, 2.24) is 14.5 Å². The van der Waals surface area contributed by atoms with Crippen molar-refractivity contribution >= 4 is 21.8 Å². The number of nitrogens with one attached hydrogen (secondary N) is 1. The molecule has 1 N–H and O–H groups in total. The maximum absolute atomic E-state index is 12.7. The van der Waals surface area contributed by atoms with E-state index in [0.717, 1.165) is 12.8 Å². The largest absolute Gasteiger partial charge is 0.405 e. The molecule has 2 fully saturated rings. The lowest BCUT2D eigenvalue weighted by molar-refractivity contribution is -0.141. The maximum Gasteiger partial charge on any atom is 0.405 e. The van der Waals surface area contributed by atoms with Crippen LogP contribution >= 0.6 is 0 Å². The van der Waals surface area contributed by atoms with Crippen LogP contribution < -0.4 is 5.32 Å². The second-order valence-electron chi connectivity index (χ2n) is 7.54. The Bertz CT molecular complexity index is 873. The summed E-state index contributed by atoms with van der Waals surface area (Å²) in [5.41, 5.74) is 0.329. The highest BCUT2D eigenvalue weighted by Gasteiger charge is 2.32. The molecule has 166 valence electrons. The maximum atomic E-state index is 12.7. The van der Waals surface area contributed by atoms with Crippen LogP contribution in [0.25, 0.3) is 0 Å². The average Bonchev–Trinajstić information content (AvgIpc) is 3.27. The first-order chi connectivity index (χ1) is 14.1. The predicted octanol–water partition coefficient (Wildman–Crippen LogP) is 2.00. The standard InChI is InChI=1S/C19H24F3N3O4S/c20-19(21,22)13-23-17(26)14-7-11-24(12-8-14)18(27)15-3-5-16(6-4-15)30(28,29)25-9-1-2-10-25/h3-6,14H,1-2,7-13H2,(H,23,26). The van der Waals surface area contributed by atoms with E-state index < -0.39 is 34.6 Å². The fourth-order valence-electron chi connectivity index (χ4n) is 3.71. The van der Waals surface area contributed by atoms with E-state index in [-0.39, 0.29) is 36.7 Å². The smallest absolute Gasteiger partial charge is 0.347 e. The number of rotatable bonds is 5. The van der Waals surface area contributed by atoms with Gasteiger partial charge in [-0.1, -0.05) is 0 Å². The Balaban J connectivity index is 1.56. The Hall–Kier alpha value is -2.14. The number of benzene rings is 1. The van der Waals surface area contributed by atoms with Gasteiger partial charge in [-0.15, -0.1) is 0 Å². The molecule has 7 nitrogen and oxygen atoms in total. The summed E-state index contributed by atoms with van der Waals surface area (Å²) in [6.07, 6.45) is -2.24. The first-order valence-corrected chi connectivity index (χ1v) is 11.3. The molecule has 11 heteroatoms. The highest BCUT2D eigenvalue weighted by Crippen LogP contribution is 2.23. The van der Waals surface area contributed by atoms with Crippen LogP contribution in [0.1, 0.15) is 36.0 Å². The van der Waals surface area contributed by atoms with Gasteiger partial charge in [-0.25, -0.2) is 8.42 Å². The molecule has 0 aliphatic carbocycles. The van der Waals surface area contributed by atoms with Crippen LogP contribution in [0.3, 0.4) is 0 Å². The summed E-state index contributed by atoms with van der Waals surface area (Å²) in [6.45, 7) is 0.119. The molecule has 0 radical (unpaired) electrons. The van der Waals surface area contributed by atoms with Crippen molar-refractivity contribution in [2.75, 3.05) is 32.7 Å². The minimum atomic E-state index is -4.46. The van der Waals surface area contributed by atoms with Crippen LogP contribution in [0, 0.1) is 5.92 Å². The molecule has 3 rings (SSSR count). The van der Waals surface area contributed by atoms with Crippen LogP contribution in [0.4, 0.5) is 13.2 Å². The van der Waals surface area contributed by atoms with Crippen molar-refractivity contribution in [3.63, 3.8) is 0 Å². The summed E-state index contributed by atoms with van der Waals surface area (Å²) in [6, 6.07) is 5.76. The number of halogens is 3. The first kappa shape index (κ1) is 22.5. The van der Waals surface area contributed by atoms with Crippen LogP contribution in [-0.2, 0) is 14.8 Å². The van der Waals surface area contributed by atoms with E-state index in [4.69, 9.17) is 0 Å². The molecule has 0 spiro atoms. The molecule has 2 saturated heterocycles. The van der Waals surface area contributed by atoms with E-state index in [0.29, 0.717) is 18.7 Å². The quantitative estimate of drug-likeness (QED) is 0.748. The minimum Gasteiger partial charge on any atom is -0.347 e. The first-order valence-electron chi connectivity index (χ1n) is 9.82. The lowest BCUT2D eigenvalue weighted by Crippen LogP contribution is -2.44. The molecule has 1 aromatic rings. The number of carbonyl (C=O) groups excluding carboxylic acids is 2. The summed E-state index contributed by atoms with van der Waals surface area (Å²) in [4.78, 5) is 26.2. The van der Waals surface area contributed by atoms with E-state index >= 15 is 0 Å². The third kappa shape index (κ3) is 5.31. The molecule has 0 aromatic heterocycles. The van der Waals surface area contributed by atoms with Crippen molar-refractivity contribution in [2.24, 2.45) is 5.92 Å². The molecule has 2 heterocycles. The number of piperidine rings is 1. The molecular weight excluding hydrogens is 423 g/mol. The zero-order valence-electron chi connectivity index (χ0n) is 16.3. The molecule has 30 heavy (non-hydrogen) atoms. The number of hydrogen-bond acceptors (Lipinski definition) is 4. The number of sulfonamides is 1. The number of likely N-dealkylation sites (tertiary alicyclic amines) is 1. The van der Waals surface area contributed by atoms with Crippen LogP contribution in [0.2, 0.25) is 0 Å². The Morgan fingerprint density at radius 2 is 1.57 bits per heavy atom. The summed E-state index contributed by atoms with van der Waals surface area (Å²) >= 11 is 0. The monoisotopic (exact) mass is 447 g/mol. The highest BCUT2D eigenvalue weighted by atomic mass is 32.2. The van der Waals surface area contributed by atoms with Gasteiger partial charge in [-0.05, 0) is 49.9 Å². The van der Waals surface area contributed by atoms with Crippen molar-refractivity contribution in [1.29, 1.82) is 0 Å². The Labute approximate surface area is 173 Å². The van der Waals surface area contributed by atoms with Gasteiger partial charge >= 0.3 is 6.18 Å². The van der Waals surface area contributed by atoms with Crippen molar-refractivity contribution in [3.8, 4) is 0 Å². The molecule has 0 saturated carbocycles. The molecule has 2 aliphatic rings. The molecule has 0 unspecified atom stereocenters. The van der Waals surface area contributed by atoms with Crippen molar-refractivity contribution in [2.45, 2.75) is 36.8 Å². The molecule has 0 atom stereocenters. The third-order valence-electron chi connectivity index (χ3n) is 5.42. The Morgan fingerprint density at radius 3 is 2.10 bits per heavy atom. The van der Waals surface area contributed by atoms with Gasteiger partial charge in [-0.2, -0.15) is 17.5 Å². The number of nitrogens with zero attached hydrogens (tertiary/aromatic N) is 2.